The first-order valence-electron chi connectivity index (χ1n) is 18.3. The van der Waals surface area contributed by atoms with Crippen molar-refractivity contribution in [3.05, 3.63) is 68.6 Å². The third-order valence-corrected chi connectivity index (χ3v) is 9.30. The van der Waals surface area contributed by atoms with E-state index in [2.05, 4.69) is 34.4 Å². The minimum atomic E-state index is -0.883. The number of amides is 6. The number of carbonyl (C=O) groups is 6. The fourth-order valence-electron chi connectivity index (χ4n) is 6.63. The number of H-pyrrole nitrogens is 1. The van der Waals surface area contributed by atoms with Gasteiger partial charge in [-0.05, 0) is 43.5 Å². The Balaban J connectivity index is 1.12. The highest BCUT2D eigenvalue weighted by molar-refractivity contribution is 6.33. The number of esters is 1. The molecule has 0 radical (unpaired) electrons. The van der Waals surface area contributed by atoms with E-state index in [0.29, 0.717) is 18.5 Å². The molecule has 6 amide bonds. The molecule has 0 atom stereocenters. The molecule has 2 aliphatic rings. The van der Waals surface area contributed by atoms with Crippen LogP contribution < -0.4 is 16.2 Å². The number of ether oxygens (including phenoxy) is 1. The van der Waals surface area contributed by atoms with E-state index in [1.165, 1.54) is 60.9 Å². The molecule has 3 N–H and O–H groups in total. The van der Waals surface area contributed by atoms with Crippen molar-refractivity contribution in [3.8, 4) is 0 Å². The topological polar surface area (TPSA) is 188 Å². The van der Waals surface area contributed by atoms with Crippen molar-refractivity contribution in [2.24, 2.45) is 0 Å². The van der Waals surface area contributed by atoms with Crippen LogP contribution in [0.2, 0.25) is 0 Å². The number of hydrogen-bond acceptors (Lipinski definition) is 9. The van der Waals surface area contributed by atoms with Gasteiger partial charge >= 0.3 is 12.0 Å². The lowest BCUT2D eigenvalue weighted by molar-refractivity contribution is -0.143. The van der Waals surface area contributed by atoms with Crippen LogP contribution in [-0.4, -0.2) is 81.6 Å². The summed E-state index contributed by atoms with van der Waals surface area (Å²) in [6, 6.07) is 6.58. The molecule has 0 saturated carbocycles. The molecule has 0 saturated heterocycles. The summed E-state index contributed by atoms with van der Waals surface area (Å²) < 4.78 is 5.18. The number of unbranched alkanes of at least 4 members (excludes halogenated alkanes) is 9. The van der Waals surface area contributed by atoms with E-state index in [1.54, 1.807) is 0 Å². The number of aromatic nitrogens is 2. The molecule has 14 nitrogen and oxygen atoms in total. The van der Waals surface area contributed by atoms with Gasteiger partial charge in [-0.2, -0.15) is 0 Å². The summed E-state index contributed by atoms with van der Waals surface area (Å²) in [5.74, 6) is -3.34. The monoisotopic (exact) mass is 714 g/mol. The highest BCUT2D eigenvalue weighted by Gasteiger charge is 2.40. The van der Waals surface area contributed by atoms with Crippen molar-refractivity contribution in [3.63, 3.8) is 0 Å². The summed E-state index contributed by atoms with van der Waals surface area (Å²) in [5, 5.41) is 5.46. The number of aryl methyl sites for hydroxylation is 1. The molecule has 2 aliphatic heterocycles. The van der Waals surface area contributed by atoms with Crippen molar-refractivity contribution in [2.45, 2.75) is 90.9 Å². The molecule has 0 bridgehead atoms. The number of imide groups is 2. The van der Waals surface area contributed by atoms with Gasteiger partial charge < -0.3 is 10.1 Å². The summed E-state index contributed by atoms with van der Waals surface area (Å²) >= 11 is 0. The summed E-state index contributed by atoms with van der Waals surface area (Å²) in [4.78, 5) is 99.7. The van der Waals surface area contributed by atoms with E-state index in [0.717, 1.165) is 43.4 Å². The minimum Gasteiger partial charge on any atom is -0.462 e. The molecule has 0 unspecified atom stereocenters. The molecule has 0 aliphatic carbocycles. The van der Waals surface area contributed by atoms with Crippen LogP contribution in [0.4, 0.5) is 10.7 Å². The Kier molecular flexibility index (Phi) is 12.9. The molecule has 276 valence electrons. The summed E-state index contributed by atoms with van der Waals surface area (Å²) in [7, 11) is 0. The molecule has 3 heterocycles. The van der Waals surface area contributed by atoms with Crippen LogP contribution in [0.15, 0.2) is 35.1 Å². The van der Waals surface area contributed by atoms with E-state index in [-0.39, 0.29) is 64.2 Å². The van der Waals surface area contributed by atoms with Gasteiger partial charge in [0.2, 0.25) is 5.95 Å². The first-order chi connectivity index (χ1) is 25.1. The van der Waals surface area contributed by atoms with Gasteiger partial charge in [-0.3, -0.25) is 48.9 Å². The third-order valence-electron chi connectivity index (χ3n) is 9.30. The van der Waals surface area contributed by atoms with Crippen LogP contribution in [0.3, 0.4) is 0 Å². The maximum absolute atomic E-state index is 13.5. The number of benzene rings is 2. The molecule has 0 spiro atoms. The fraction of sp³-hybridized carbons (Fsp3) is 0.474. The summed E-state index contributed by atoms with van der Waals surface area (Å²) in [5.41, 5.74) is 0.868. The van der Waals surface area contributed by atoms with Gasteiger partial charge in [0.1, 0.15) is 13.2 Å². The van der Waals surface area contributed by atoms with E-state index in [9.17, 15) is 33.6 Å². The van der Waals surface area contributed by atoms with Crippen molar-refractivity contribution in [2.75, 3.05) is 31.6 Å². The highest BCUT2D eigenvalue weighted by Crippen LogP contribution is 2.38. The molecular formula is C38H46N6O8. The smallest absolute Gasteiger partial charge is 0.326 e. The van der Waals surface area contributed by atoms with Gasteiger partial charge in [-0.25, -0.2) is 9.78 Å². The van der Waals surface area contributed by atoms with Crippen LogP contribution >= 0.6 is 0 Å². The number of urea groups is 1. The van der Waals surface area contributed by atoms with Gasteiger partial charge in [0.15, 0.2) is 0 Å². The first-order valence-corrected chi connectivity index (χ1v) is 18.3. The lowest BCUT2D eigenvalue weighted by Crippen LogP contribution is -2.45. The summed E-state index contributed by atoms with van der Waals surface area (Å²) in [6.45, 7) is 3.48. The zero-order valence-corrected chi connectivity index (χ0v) is 29.8. The number of nitrogens with zero attached hydrogens (tertiary/aromatic N) is 3. The molecule has 5 rings (SSSR count). The Morgan fingerprint density at radius 2 is 1.23 bits per heavy atom. The molecule has 0 fully saturated rings. The zero-order chi connectivity index (χ0) is 37.2. The maximum atomic E-state index is 13.5. The minimum absolute atomic E-state index is 0.00365. The Labute approximate surface area is 301 Å². The predicted octanol–water partition coefficient (Wildman–Crippen LogP) is 5.35. The molecule has 3 aromatic rings. The van der Waals surface area contributed by atoms with Gasteiger partial charge in [0.05, 0.1) is 6.54 Å². The van der Waals surface area contributed by atoms with Crippen molar-refractivity contribution < 1.29 is 33.5 Å². The molecular weight excluding hydrogens is 668 g/mol. The SMILES string of the molecule is CCCCCCCCCc1cc(=O)[nH]c(NC(=O)NCCOC(=O)CN2C(=O)c3ccc4c5c(ccc(c35)C2=O)C(=O)N(CCCCCC)C4=O)n1. The normalized spacial score (nSPS) is 13.6. The Morgan fingerprint density at radius 1 is 0.712 bits per heavy atom. The maximum Gasteiger partial charge on any atom is 0.326 e. The van der Waals surface area contributed by atoms with Crippen LogP contribution in [0.1, 0.15) is 132 Å². The lowest BCUT2D eigenvalue weighted by atomic mass is 9.86. The third kappa shape index (κ3) is 8.72. The van der Waals surface area contributed by atoms with Crippen LogP contribution in [0.5, 0.6) is 0 Å². The molecule has 14 heteroatoms. The van der Waals surface area contributed by atoms with Crippen molar-refractivity contribution in [1.82, 2.24) is 25.1 Å². The quantitative estimate of drug-likeness (QED) is 0.0835. The number of nitrogens with one attached hydrogen (secondary N) is 3. The number of anilines is 1. The standard InChI is InChI=1S/C38H46N6O8/c1-3-5-7-9-10-11-12-14-24-22-29(45)41-37(40-24)42-38(51)39-19-21-52-30(46)23-44-35(49)27-17-15-25-31-26(16-18-28(32(27)31)36(44)50)34(48)43(33(25)47)20-13-8-6-4-2/h15-18,22H,3-14,19-21,23H2,1-2H3,(H3,39,40,41,42,45,51). The summed E-state index contributed by atoms with van der Waals surface area (Å²) in [6.07, 6.45) is 12.1. The molecule has 1 aromatic heterocycles. The van der Waals surface area contributed by atoms with E-state index < -0.39 is 42.2 Å². The lowest BCUT2D eigenvalue weighted by Gasteiger charge is -2.31. The Morgan fingerprint density at radius 3 is 1.81 bits per heavy atom. The van der Waals surface area contributed by atoms with Gasteiger partial charge in [0, 0.05) is 51.3 Å². The second-order valence-electron chi connectivity index (χ2n) is 13.1. The predicted molar refractivity (Wildman–Crippen MR) is 193 cm³/mol. The van der Waals surface area contributed by atoms with Crippen LogP contribution in [0.25, 0.3) is 10.8 Å². The average molecular weight is 715 g/mol. The first kappa shape index (κ1) is 37.8. The number of aromatic amines is 1. The number of carbonyl (C=O) groups excluding carboxylic acids is 6. The highest BCUT2D eigenvalue weighted by atomic mass is 16.5. The zero-order valence-electron chi connectivity index (χ0n) is 29.8. The van der Waals surface area contributed by atoms with Crippen LogP contribution in [0, 0.1) is 0 Å². The molecule has 52 heavy (non-hydrogen) atoms. The average Bonchev–Trinajstić information content (AvgIpc) is 3.12. The largest absolute Gasteiger partial charge is 0.462 e. The number of hydrogen-bond donors (Lipinski definition) is 3. The van der Waals surface area contributed by atoms with E-state index >= 15 is 0 Å². The number of rotatable bonds is 19. The second-order valence-corrected chi connectivity index (χ2v) is 13.1. The second kappa shape index (κ2) is 17.7. The van der Waals surface area contributed by atoms with E-state index in [1.807, 2.05) is 0 Å². The van der Waals surface area contributed by atoms with Gasteiger partial charge in [-0.1, -0.05) is 71.6 Å². The Bertz CT molecular complexity index is 1850. The van der Waals surface area contributed by atoms with Crippen molar-refractivity contribution >= 4 is 52.3 Å². The van der Waals surface area contributed by atoms with Gasteiger partial charge in [0.25, 0.3) is 29.2 Å². The van der Waals surface area contributed by atoms with Crippen molar-refractivity contribution in [1.29, 1.82) is 0 Å². The van der Waals surface area contributed by atoms with E-state index in [4.69, 9.17) is 4.74 Å². The van der Waals surface area contributed by atoms with Crippen LogP contribution in [-0.2, 0) is 16.0 Å². The van der Waals surface area contributed by atoms with Gasteiger partial charge in [-0.15, -0.1) is 0 Å². The Hall–Kier alpha value is -5.40. The molecule has 2 aromatic carbocycles. The fourth-order valence-corrected chi connectivity index (χ4v) is 6.63.